The molecule has 15 heavy (non-hydrogen) atoms. The van der Waals surface area contributed by atoms with E-state index in [-0.39, 0.29) is 12.1 Å². The summed E-state index contributed by atoms with van der Waals surface area (Å²) in [7, 11) is 0. The van der Waals surface area contributed by atoms with Crippen LogP contribution in [0, 0.1) is 0 Å². The SMILES string of the molecule is NC1C(NC=O)CSC1CCCCC=O. The molecule has 1 heterocycles. The van der Waals surface area contributed by atoms with Crippen LogP contribution in [0.1, 0.15) is 25.7 Å². The van der Waals surface area contributed by atoms with Crippen LogP contribution in [0.25, 0.3) is 0 Å². The van der Waals surface area contributed by atoms with Crippen molar-refractivity contribution in [3.63, 3.8) is 0 Å². The van der Waals surface area contributed by atoms with E-state index in [1.54, 1.807) is 0 Å². The standard InChI is InChI=1S/C10H18N2O2S/c11-10-8(12-7-14)6-15-9(10)4-2-1-3-5-13/h5,7-10H,1-4,6,11H2,(H,12,14). The summed E-state index contributed by atoms with van der Waals surface area (Å²) < 4.78 is 0. The van der Waals surface area contributed by atoms with Gasteiger partial charge < -0.3 is 15.8 Å². The zero-order valence-corrected chi connectivity index (χ0v) is 9.54. The van der Waals surface area contributed by atoms with Crippen LogP contribution in [0.4, 0.5) is 0 Å². The van der Waals surface area contributed by atoms with Gasteiger partial charge in [0, 0.05) is 23.5 Å². The second kappa shape index (κ2) is 6.85. The van der Waals surface area contributed by atoms with Gasteiger partial charge in [0.2, 0.25) is 6.41 Å². The highest BCUT2D eigenvalue weighted by molar-refractivity contribution is 8.00. The van der Waals surface area contributed by atoms with E-state index in [9.17, 15) is 9.59 Å². The largest absolute Gasteiger partial charge is 0.354 e. The lowest BCUT2D eigenvalue weighted by Crippen LogP contribution is -2.46. The lowest BCUT2D eigenvalue weighted by Gasteiger charge is -2.18. The van der Waals surface area contributed by atoms with E-state index in [0.29, 0.717) is 11.7 Å². The van der Waals surface area contributed by atoms with Gasteiger partial charge in [0.15, 0.2) is 0 Å². The third-order valence-corrected chi connectivity index (χ3v) is 4.26. The summed E-state index contributed by atoms with van der Waals surface area (Å²) in [5.41, 5.74) is 6.01. The van der Waals surface area contributed by atoms with Crippen molar-refractivity contribution in [1.82, 2.24) is 5.32 Å². The quantitative estimate of drug-likeness (QED) is 0.487. The first kappa shape index (κ1) is 12.5. The van der Waals surface area contributed by atoms with Crippen molar-refractivity contribution in [1.29, 1.82) is 0 Å². The van der Waals surface area contributed by atoms with Gasteiger partial charge >= 0.3 is 0 Å². The molecule has 1 amide bonds. The fourth-order valence-corrected chi connectivity index (χ4v) is 3.32. The molecule has 0 radical (unpaired) electrons. The van der Waals surface area contributed by atoms with Gasteiger partial charge in [-0.25, -0.2) is 0 Å². The second-order valence-corrected chi connectivity index (χ2v) is 5.06. The maximum Gasteiger partial charge on any atom is 0.207 e. The van der Waals surface area contributed by atoms with Gasteiger partial charge in [0.25, 0.3) is 0 Å². The Morgan fingerprint density at radius 2 is 2.20 bits per heavy atom. The summed E-state index contributed by atoms with van der Waals surface area (Å²) in [4.78, 5) is 20.4. The number of rotatable bonds is 7. The molecule has 0 aromatic heterocycles. The molecule has 3 atom stereocenters. The van der Waals surface area contributed by atoms with Gasteiger partial charge in [-0.2, -0.15) is 11.8 Å². The summed E-state index contributed by atoms with van der Waals surface area (Å²) in [5.74, 6) is 0.901. The molecular formula is C10H18N2O2S. The van der Waals surface area contributed by atoms with Gasteiger partial charge in [0.05, 0.1) is 6.04 Å². The Hall–Kier alpha value is -0.550. The van der Waals surface area contributed by atoms with Crippen LogP contribution in [0.2, 0.25) is 0 Å². The molecule has 5 heteroatoms. The zero-order valence-electron chi connectivity index (χ0n) is 8.72. The Bertz CT molecular complexity index is 214. The highest BCUT2D eigenvalue weighted by Gasteiger charge is 2.32. The predicted octanol–water partition coefficient (Wildman–Crippen LogP) is 0.303. The topological polar surface area (TPSA) is 72.2 Å². The van der Waals surface area contributed by atoms with Crippen LogP contribution in [-0.4, -0.2) is 35.8 Å². The van der Waals surface area contributed by atoms with Crippen LogP contribution >= 0.6 is 11.8 Å². The summed E-state index contributed by atoms with van der Waals surface area (Å²) in [6.07, 6.45) is 5.34. The van der Waals surface area contributed by atoms with Crippen LogP contribution in [0.5, 0.6) is 0 Å². The number of hydrogen-bond acceptors (Lipinski definition) is 4. The molecule has 1 fully saturated rings. The summed E-state index contributed by atoms with van der Waals surface area (Å²) in [6.45, 7) is 0. The molecule has 3 N–H and O–H groups in total. The Morgan fingerprint density at radius 1 is 1.40 bits per heavy atom. The van der Waals surface area contributed by atoms with E-state index in [2.05, 4.69) is 5.32 Å². The van der Waals surface area contributed by atoms with Crippen molar-refractivity contribution in [3.05, 3.63) is 0 Å². The highest BCUT2D eigenvalue weighted by atomic mass is 32.2. The number of carbonyl (C=O) groups excluding carboxylic acids is 2. The molecule has 1 saturated heterocycles. The minimum absolute atomic E-state index is 0.0523. The van der Waals surface area contributed by atoms with Crippen molar-refractivity contribution in [2.75, 3.05) is 5.75 Å². The second-order valence-electron chi connectivity index (χ2n) is 3.79. The van der Waals surface area contributed by atoms with E-state index in [0.717, 1.165) is 37.7 Å². The van der Waals surface area contributed by atoms with Crippen molar-refractivity contribution in [2.24, 2.45) is 5.73 Å². The van der Waals surface area contributed by atoms with Crippen LogP contribution in [0.3, 0.4) is 0 Å². The Kier molecular flexibility index (Phi) is 5.71. The average molecular weight is 230 g/mol. The average Bonchev–Trinajstić information content (AvgIpc) is 2.57. The van der Waals surface area contributed by atoms with Crippen molar-refractivity contribution >= 4 is 24.5 Å². The first-order chi connectivity index (χ1) is 7.29. The van der Waals surface area contributed by atoms with Gasteiger partial charge in [-0.15, -0.1) is 0 Å². The number of nitrogens with two attached hydrogens (primary N) is 1. The molecule has 0 spiro atoms. The molecule has 4 nitrogen and oxygen atoms in total. The van der Waals surface area contributed by atoms with Gasteiger partial charge in [-0.1, -0.05) is 6.42 Å². The third kappa shape index (κ3) is 3.83. The fourth-order valence-electron chi connectivity index (χ4n) is 1.80. The Labute approximate surface area is 94.4 Å². The first-order valence-electron chi connectivity index (χ1n) is 5.30. The van der Waals surface area contributed by atoms with E-state index >= 15 is 0 Å². The number of nitrogens with one attached hydrogen (secondary N) is 1. The summed E-state index contributed by atoms with van der Waals surface area (Å²) >= 11 is 1.82. The van der Waals surface area contributed by atoms with E-state index in [4.69, 9.17) is 5.73 Å². The number of carbonyl (C=O) groups is 2. The van der Waals surface area contributed by atoms with Crippen molar-refractivity contribution < 1.29 is 9.59 Å². The molecular weight excluding hydrogens is 212 g/mol. The molecule has 0 aromatic rings. The number of unbranched alkanes of at least 4 members (excludes halogenated alkanes) is 2. The normalized spacial score (nSPS) is 30.1. The van der Waals surface area contributed by atoms with Crippen LogP contribution in [0.15, 0.2) is 0 Å². The molecule has 0 aliphatic carbocycles. The van der Waals surface area contributed by atoms with Gasteiger partial charge in [-0.05, 0) is 12.8 Å². The smallest absolute Gasteiger partial charge is 0.207 e. The third-order valence-electron chi connectivity index (χ3n) is 2.73. The fraction of sp³-hybridized carbons (Fsp3) is 0.800. The molecule has 3 unspecified atom stereocenters. The van der Waals surface area contributed by atoms with Gasteiger partial charge in [0.1, 0.15) is 6.29 Å². The molecule has 1 rings (SSSR count). The van der Waals surface area contributed by atoms with Crippen LogP contribution in [-0.2, 0) is 9.59 Å². The van der Waals surface area contributed by atoms with E-state index in [1.165, 1.54) is 0 Å². The number of hydrogen-bond donors (Lipinski definition) is 2. The maximum atomic E-state index is 10.3. The molecule has 86 valence electrons. The van der Waals surface area contributed by atoms with E-state index < -0.39 is 0 Å². The minimum Gasteiger partial charge on any atom is -0.354 e. The number of thioether (sulfide) groups is 1. The van der Waals surface area contributed by atoms with E-state index in [1.807, 2.05) is 11.8 Å². The molecule has 0 bridgehead atoms. The molecule has 1 aliphatic heterocycles. The minimum atomic E-state index is 0.0523. The number of aldehydes is 1. The summed E-state index contributed by atoms with van der Waals surface area (Å²) in [5, 5.41) is 3.17. The Balaban J connectivity index is 2.20. The monoisotopic (exact) mass is 230 g/mol. The maximum absolute atomic E-state index is 10.3. The lowest BCUT2D eigenvalue weighted by molar-refractivity contribution is -0.110. The van der Waals surface area contributed by atoms with Crippen LogP contribution < -0.4 is 11.1 Å². The predicted molar refractivity (Wildman–Crippen MR) is 61.7 cm³/mol. The van der Waals surface area contributed by atoms with Gasteiger partial charge in [-0.3, -0.25) is 4.79 Å². The van der Waals surface area contributed by atoms with Crippen molar-refractivity contribution in [2.45, 2.75) is 43.0 Å². The van der Waals surface area contributed by atoms with Crippen molar-refractivity contribution in [3.8, 4) is 0 Å². The number of amides is 1. The highest BCUT2D eigenvalue weighted by Crippen LogP contribution is 2.29. The Morgan fingerprint density at radius 3 is 2.87 bits per heavy atom. The summed E-state index contributed by atoms with van der Waals surface area (Å²) in [6, 6.07) is 0.167. The molecule has 0 aromatic carbocycles. The molecule has 1 aliphatic rings. The molecule has 0 saturated carbocycles. The zero-order chi connectivity index (χ0) is 11.1. The first-order valence-corrected chi connectivity index (χ1v) is 6.35. The lowest BCUT2D eigenvalue weighted by atomic mass is 10.0.